The van der Waals surface area contributed by atoms with Crippen LogP contribution in [-0.2, 0) is 10.0 Å². The Hall–Kier alpha value is -3.83. The molecule has 0 amide bonds. The van der Waals surface area contributed by atoms with Crippen LogP contribution in [0.2, 0.25) is 0 Å². The highest BCUT2D eigenvalue weighted by molar-refractivity contribution is 7.92. The normalized spacial score (nSPS) is 17.9. The molecule has 1 aliphatic carbocycles. The van der Waals surface area contributed by atoms with Gasteiger partial charge in [0, 0.05) is 31.4 Å². The number of fused-ring (bicyclic) bond motifs is 1. The van der Waals surface area contributed by atoms with Gasteiger partial charge in [-0.05, 0) is 73.2 Å². The van der Waals surface area contributed by atoms with Gasteiger partial charge in [0.1, 0.15) is 11.5 Å². The number of likely N-dealkylation sites (tertiary alicyclic amines) is 1. The third kappa shape index (κ3) is 5.24. The summed E-state index contributed by atoms with van der Waals surface area (Å²) in [7, 11) is -2.64. The number of aromatic nitrogens is 3. The van der Waals surface area contributed by atoms with Crippen LogP contribution in [0.5, 0.6) is 5.88 Å². The maximum absolute atomic E-state index is 13.5. The highest BCUT2D eigenvalue weighted by Gasteiger charge is 2.30. The average Bonchev–Trinajstić information content (AvgIpc) is 3.63. The zero-order chi connectivity index (χ0) is 27.1. The molecule has 0 radical (unpaired) electrons. The van der Waals surface area contributed by atoms with E-state index in [1.165, 1.54) is 32.1 Å². The van der Waals surface area contributed by atoms with Crippen molar-refractivity contribution in [2.75, 3.05) is 31.5 Å². The molecule has 4 aromatic rings. The molecule has 1 aliphatic heterocycles. The summed E-state index contributed by atoms with van der Waals surface area (Å²) in [6.07, 6.45) is 6.72. The Balaban J connectivity index is 1.31. The van der Waals surface area contributed by atoms with Gasteiger partial charge in [-0.3, -0.25) is 14.1 Å². The molecule has 1 saturated carbocycles. The fraction of sp³-hybridized carbons (Fsp3) is 0.321. The van der Waals surface area contributed by atoms with Gasteiger partial charge in [0.05, 0.1) is 35.3 Å². The van der Waals surface area contributed by atoms with Crippen molar-refractivity contribution in [1.82, 2.24) is 19.4 Å². The molecule has 0 unspecified atom stereocenters. The molecule has 0 bridgehead atoms. The predicted octanol–water partition coefficient (Wildman–Crippen LogP) is 4.06. The van der Waals surface area contributed by atoms with Gasteiger partial charge in [-0.1, -0.05) is 6.07 Å². The Bertz CT molecular complexity index is 1700. The summed E-state index contributed by atoms with van der Waals surface area (Å²) in [5.41, 5.74) is 1.87. The van der Waals surface area contributed by atoms with E-state index in [-0.39, 0.29) is 28.1 Å². The average molecular weight is 550 g/mol. The van der Waals surface area contributed by atoms with Crippen molar-refractivity contribution in [1.29, 1.82) is 0 Å². The Morgan fingerprint density at radius 3 is 2.59 bits per heavy atom. The van der Waals surface area contributed by atoms with E-state index in [0.717, 1.165) is 44.1 Å². The minimum Gasteiger partial charge on any atom is -0.480 e. The lowest BCUT2D eigenvalue weighted by atomic mass is 10.0. The standard InChI is InChI=1S/C28H28FN5O4S/c1-38-27-26(32-39(36,37)23-7-5-21(29)6-8-23)13-20(14-30-27)19-4-9-25-24(12-19)28(35)34(17-31-25)22-10-11-33(16-22)15-18-2-3-18/h4-9,12-14,17-18,22,32H,2-3,10-11,15-16H2,1H3/t22-/m0/s1. The summed E-state index contributed by atoms with van der Waals surface area (Å²) in [6, 6.07) is 11.5. The van der Waals surface area contributed by atoms with Crippen LogP contribution in [0, 0.1) is 11.7 Å². The predicted molar refractivity (Wildman–Crippen MR) is 146 cm³/mol. The minimum absolute atomic E-state index is 0.0752. The number of pyridine rings is 1. The van der Waals surface area contributed by atoms with Crippen molar-refractivity contribution >= 4 is 26.6 Å². The van der Waals surface area contributed by atoms with Crippen LogP contribution >= 0.6 is 0 Å². The van der Waals surface area contributed by atoms with E-state index in [9.17, 15) is 17.6 Å². The molecular formula is C28H28FN5O4S. The first-order chi connectivity index (χ1) is 18.8. The first-order valence-corrected chi connectivity index (χ1v) is 14.3. The minimum atomic E-state index is -4.03. The molecule has 202 valence electrons. The van der Waals surface area contributed by atoms with E-state index >= 15 is 0 Å². The summed E-state index contributed by atoms with van der Waals surface area (Å²) in [5.74, 6) is 0.343. The molecule has 11 heteroatoms. The number of hydrogen-bond donors (Lipinski definition) is 1. The number of anilines is 1. The number of hydrogen-bond acceptors (Lipinski definition) is 7. The van der Waals surface area contributed by atoms with Crippen LogP contribution in [-0.4, -0.2) is 54.6 Å². The van der Waals surface area contributed by atoms with Crippen molar-refractivity contribution in [3.63, 3.8) is 0 Å². The van der Waals surface area contributed by atoms with Gasteiger partial charge in [-0.25, -0.2) is 22.8 Å². The van der Waals surface area contributed by atoms with Crippen molar-refractivity contribution in [3.8, 4) is 17.0 Å². The van der Waals surface area contributed by atoms with E-state index in [2.05, 4.69) is 19.6 Å². The lowest BCUT2D eigenvalue weighted by Gasteiger charge is -2.17. The smallest absolute Gasteiger partial charge is 0.262 e. The van der Waals surface area contributed by atoms with Crippen LogP contribution in [0.25, 0.3) is 22.0 Å². The Morgan fingerprint density at radius 2 is 1.85 bits per heavy atom. The van der Waals surface area contributed by atoms with E-state index in [1.54, 1.807) is 35.3 Å². The first kappa shape index (κ1) is 25.4. The lowest BCUT2D eigenvalue weighted by molar-refractivity contribution is 0.309. The second-order valence-corrected chi connectivity index (χ2v) is 11.9. The number of nitrogens with one attached hydrogen (secondary N) is 1. The SMILES string of the molecule is COc1ncc(-c2ccc3ncn([C@H]4CCN(CC5CC5)C4)c(=O)c3c2)cc1NS(=O)(=O)c1ccc(F)cc1. The largest absolute Gasteiger partial charge is 0.480 e. The third-order valence-electron chi connectivity index (χ3n) is 7.38. The zero-order valence-corrected chi connectivity index (χ0v) is 22.2. The van der Waals surface area contributed by atoms with Crippen LogP contribution in [0.15, 0.2) is 70.7 Å². The maximum Gasteiger partial charge on any atom is 0.262 e. The molecule has 1 N–H and O–H groups in total. The number of methoxy groups -OCH3 is 1. The van der Waals surface area contributed by atoms with Gasteiger partial charge in [0.15, 0.2) is 0 Å². The number of rotatable bonds is 8. The molecule has 1 saturated heterocycles. The van der Waals surface area contributed by atoms with E-state index in [4.69, 9.17) is 4.74 Å². The first-order valence-electron chi connectivity index (χ1n) is 12.9. The second kappa shape index (κ2) is 10.0. The summed E-state index contributed by atoms with van der Waals surface area (Å²) in [6.45, 7) is 2.94. The van der Waals surface area contributed by atoms with Crippen LogP contribution in [0.1, 0.15) is 25.3 Å². The second-order valence-electron chi connectivity index (χ2n) is 10.2. The molecule has 2 fully saturated rings. The van der Waals surface area contributed by atoms with Gasteiger partial charge in [-0.15, -0.1) is 0 Å². The number of nitrogens with zero attached hydrogens (tertiary/aromatic N) is 4. The van der Waals surface area contributed by atoms with E-state index < -0.39 is 15.8 Å². The van der Waals surface area contributed by atoms with Gasteiger partial charge < -0.3 is 9.64 Å². The molecular weight excluding hydrogens is 521 g/mol. The highest BCUT2D eigenvalue weighted by Crippen LogP contribution is 2.33. The molecule has 9 nitrogen and oxygen atoms in total. The van der Waals surface area contributed by atoms with Crippen LogP contribution in [0.4, 0.5) is 10.1 Å². The summed E-state index contributed by atoms with van der Waals surface area (Å²) in [5, 5.41) is 0.486. The summed E-state index contributed by atoms with van der Waals surface area (Å²) < 4.78 is 48.6. The third-order valence-corrected chi connectivity index (χ3v) is 8.76. The van der Waals surface area contributed by atoms with Gasteiger partial charge in [0.25, 0.3) is 15.6 Å². The van der Waals surface area contributed by atoms with Crippen molar-refractivity contribution in [2.24, 2.45) is 5.92 Å². The van der Waals surface area contributed by atoms with E-state index in [0.29, 0.717) is 22.0 Å². The topological polar surface area (TPSA) is 106 Å². The Morgan fingerprint density at radius 1 is 1.05 bits per heavy atom. The molecule has 3 heterocycles. The number of benzene rings is 2. The molecule has 1 atom stereocenters. The van der Waals surface area contributed by atoms with Gasteiger partial charge in [-0.2, -0.15) is 0 Å². The fourth-order valence-corrected chi connectivity index (χ4v) is 6.16. The molecule has 2 aliphatic rings. The Kier molecular flexibility index (Phi) is 6.56. The maximum atomic E-state index is 13.5. The molecule has 2 aromatic heterocycles. The quantitative estimate of drug-likeness (QED) is 0.353. The number of sulfonamides is 1. The molecule has 6 rings (SSSR count). The lowest BCUT2D eigenvalue weighted by Crippen LogP contribution is -2.29. The number of ether oxygens (including phenoxy) is 1. The van der Waals surface area contributed by atoms with E-state index in [1.807, 2.05) is 6.07 Å². The summed E-state index contributed by atoms with van der Waals surface area (Å²) >= 11 is 0. The number of halogens is 1. The van der Waals surface area contributed by atoms with Crippen molar-refractivity contribution in [3.05, 3.63) is 77.2 Å². The van der Waals surface area contributed by atoms with Crippen molar-refractivity contribution < 1.29 is 17.5 Å². The molecule has 2 aromatic carbocycles. The molecule has 0 spiro atoms. The monoisotopic (exact) mass is 549 g/mol. The molecule has 39 heavy (non-hydrogen) atoms. The Labute approximate surface area is 225 Å². The zero-order valence-electron chi connectivity index (χ0n) is 21.4. The van der Waals surface area contributed by atoms with Gasteiger partial charge in [0.2, 0.25) is 5.88 Å². The van der Waals surface area contributed by atoms with Crippen LogP contribution < -0.4 is 15.0 Å². The highest BCUT2D eigenvalue weighted by atomic mass is 32.2. The fourth-order valence-electron chi connectivity index (χ4n) is 5.11. The summed E-state index contributed by atoms with van der Waals surface area (Å²) in [4.78, 5) is 24.7. The van der Waals surface area contributed by atoms with Crippen LogP contribution in [0.3, 0.4) is 0 Å². The van der Waals surface area contributed by atoms with Crippen molar-refractivity contribution in [2.45, 2.75) is 30.2 Å². The van der Waals surface area contributed by atoms with Gasteiger partial charge >= 0.3 is 0 Å².